The summed E-state index contributed by atoms with van der Waals surface area (Å²) >= 11 is 9.28. The molecule has 2 aromatic rings. The molecule has 0 saturated carbocycles. The van der Waals surface area contributed by atoms with E-state index in [0.29, 0.717) is 42.8 Å². The van der Waals surface area contributed by atoms with Gasteiger partial charge < -0.3 is 9.47 Å². The molecule has 3 rings (SSSR count). The van der Waals surface area contributed by atoms with Crippen molar-refractivity contribution in [2.75, 3.05) is 26.3 Å². The number of hydrogen-bond donors (Lipinski definition) is 1. The fourth-order valence-corrected chi connectivity index (χ4v) is 2.96. The smallest absolute Gasteiger partial charge is 0.286 e. The highest BCUT2D eigenvalue weighted by molar-refractivity contribution is 9.10. The van der Waals surface area contributed by atoms with Crippen molar-refractivity contribution >= 4 is 33.4 Å². The van der Waals surface area contributed by atoms with Crippen LogP contribution in [0.1, 0.15) is 10.5 Å². The van der Waals surface area contributed by atoms with Crippen LogP contribution in [0.5, 0.6) is 5.75 Å². The number of ether oxygens (including phenoxy) is 2. The largest absolute Gasteiger partial charge is 0.470 e. The molecule has 1 saturated heterocycles. The normalized spacial score (nSPS) is 15.2. The van der Waals surface area contributed by atoms with Crippen LogP contribution in [0.3, 0.4) is 0 Å². The molecule has 1 amide bonds. The van der Waals surface area contributed by atoms with Crippen LogP contribution in [0.15, 0.2) is 34.9 Å². The first-order valence-corrected chi connectivity index (χ1v) is 8.54. The average molecular weight is 416 g/mol. The summed E-state index contributed by atoms with van der Waals surface area (Å²) in [5.74, 6) is 0.401. The fourth-order valence-electron chi connectivity index (χ4n) is 2.16. The monoisotopic (exact) mass is 414 g/mol. The van der Waals surface area contributed by atoms with Gasteiger partial charge in [-0.05, 0) is 40.2 Å². The van der Waals surface area contributed by atoms with Crippen LogP contribution in [0, 0.1) is 0 Å². The number of carbonyl (C=O) groups is 1. The molecule has 1 aliphatic heterocycles. The zero-order valence-corrected chi connectivity index (χ0v) is 15.1. The van der Waals surface area contributed by atoms with Gasteiger partial charge in [0.1, 0.15) is 5.75 Å². The van der Waals surface area contributed by atoms with E-state index in [1.165, 1.54) is 0 Å². The Morgan fingerprint density at radius 1 is 1.38 bits per heavy atom. The number of hydrogen-bond acceptors (Lipinski definition) is 5. The van der Waals surface area contributed by atoms with Crippen LogP contribution in [-0.4, -0.2) is 47.0 Å². The summed E-state index contributed by atoms with van der Waals surface area (Å²) in [5.41, 5.74) is 3.15. The highest BCUT2D eigenvalue weighted by atomic mass is 79.9. The summed E-state index contributed by atoms with van der Waals surface area (Å²) < 4.78 is 13.2. The molecule has 1 N–H and O–H groups in total. The summed E-state index contributed by atoms with van der Waals surface area (Å²) in [6.45, 7) is 2.74. The van der Waals surface area contributed by atoms with Gasteiger partial charge >= 0.3 is 0 Å². The van der Waals surface area contributed by atoms with Gasteiger partial charge in [0.25, 0.3) is 5.91 Å². The van der Waals surface area contributed by atoms with Crippen molar-refractivity contribution < 1.29 is 14.3 Å². The first kappa shape index (κ1) is 17.2. The van der Waals surface area contributed by atoms with Crippen LogP contribution in [0.4, 0.5) is 0 Å². The second kappa shape index (κ2) is 7.98. The number of morpholine rings is 1. The average Bonchev–Trinajstić information content (AvgIpc) is 3.04. The van der Waals surface area contributed by atoms with E-state index in [0.717, 1.165) is 4.47 Å². The molecule has 0 aliphatic carbocycles. The molecule has 1 aromatic carbocycles. The van der Waals surface area contributed by atoms with Crippen molar-refractivity contribution in [3.8, 4) is 5.75 Å². The minimum atomic E-state index is -0.247. The SMILES string of the molecule is O=C(NN1CCOCC1)c1ccn(COc2ccc(Cl)cc2Br)n1. The number of nitrogens with one attached hydrogen (secondary N) is 1. The van der Waals surface area contributed by atoms with E-state index in [4.69, 9.17) is 21.1 Å². The minimum absolute atomic E-state index is 0.186. The number of nitrogens with zero attached hydrogens (tertiary/aromatic N) is 3. The molecule has 0 spiro atoms. The predicted molar refractivity (Wildman–Crippen MR) is 91.9 cm³/mol. The maximum Gasteiger partial charge on any atom is 0.286 e. The van der Waals surface area contributed by atoms with Gasteiger partial charge in [0.05, 0.1) is 17.7 Å². The number of benzene rings is 1. The third-order valence-corrected chi connectivity index (χ3v) is 4.25. The zero-order valence-electron chi connectivity index (χ0n) is 12.7. The Morgan fingerprint density at radius 3 is 2.92 bits per heavy atom. The lowest BCUT2D eigenvalue weighted by atomic mass is 10.3. The molecule has 1 aromatic heterocycles. The topological polar surface area (TPSA) is 68.6 Å². The Bertz CT molecular complexity index is 718. The Kier molecular flexibility index (Phi) is 5.72. The quantitative estimate of drug-likeness (QED) is 0.812. The standard InChI is InChI=1S/C15H16BrClN4O3/c16-12-9-11(17)1-2-14(12)24-10-21-4-3-13(18-21)15(22)19-20-5-7-23-8-6-20/h1-4,9H,5-8,10H2,(H,19,22). The van der Waals surface area contributed by atoms with Gasteiger partial charge in [-0.3, -0.25) is 10.2 Å². The van der Waals surface area contributed by atoms with Crippen molar-refractivity contribution in [3.05, 3.63) is 45.7 Å². The maximum atomic E-state index is 12.2. The first-order valence-electron chi connectivity index (χ1n) is 7.37. The Morgan fingerprint density at radius 2 is 2.17 bits per heavy atom. The molecule has 9 heteroatoms. The molecular formula is C15H16BrClN4O3. The van der Waals surface area contributed by atoms with E-state index in [1.807, 2.05) is 5.01 Å². The molecular weight excluding hydrogens is 400 g/mol. The van der Waals surface area contributed by atoms with E-state index in [-0.39, 0.29) is 12.6 Å². The Balaban J connectivity index is 1.55. The third kappa shape index (κ3) is 4.47. The Hall–Kier alpha value is -1.61. The van der Waals surface area contributed by atoms with E-state index >= 15 is 0 Å². The number of rotatable bonds is 5. The third-order valence-electron chi connectivity index (χ3n) is 3.39. The number of hydrazine groups is 1. The molecule has 128 valence electrons. The molecule has 0 bridgehead atoms. The lowest BCUT2D eigenvalue weighted by molar-refractivity contribution is 0.0124. The van der Waals surface area contributed by atoms with Gasteiger partial charge in [0.2, 0.25) is 0 Å². The van der Waals surface area contributed by atoms with E-state index in [9.17, 15) is 4.79 Å². The van der Waals surface area contributed by atoms with Crippen molar-refractivity contribution in [2.24, 2.45) is 0 Å². The highest BCUT2D eigenvalue weighted by Crippen LogP contribution is 2.28. The summed E-state index contributed by atoms with van der Waals surface area (Å²) in [5, 5.41) is 6.66. The molecule has 1 fully saturated rings. The van der Waals surface area contributed by atoms with Gasteiger partial charge in [-0.2, -0.15) is 5.10 Å². The molecule has 2 heterocycles. The highest BCUT2D eigenvalue weighted by Gasteiger charge is 2.16. The lowest BCUT2D eigenvalue weighted by Gasteiger charge is -2.26. The first-order chi connectivity index (χ1) is 11.6. The van der Waals surface area contributed by atoms with Crippen LogP contribution < -0.4 is 10.2 Å². The van der Waals surface area contributed by atoms with Crippen LogP contribution >= 0.6 is 27.5 Å². The van der Waals surface area contributed by atoms with E-state index < -0.39 is 0 Å². The summed E-state index contributed by atoms with van der Waals surface area (Å²) in [4.78, 5) is 12.2. The summed E-state index contributed by atoms with van der Waals surface area (Å²) in [6.07, 6.45) is 1.69. The molecule has 0 radical (unpaired) electrons. The number of amides is 1. The summed E-state index contributed by atoms with van der Waals surface area (Å²) in [6, 6.07) is 6.91. The van der Waals surface area contributed by atoms with Crippen molar-refractivity contribution in [1.82, 2.24) is 20.2 Å². The molecule has 24 heavy (non-hydrogen) atoms. The van der Waals surface area contributed by atoms with E-state index in [2.05, 4.69) is 26.5 Å². The maximum absolute atomic E-state index is 12.2. The van der Waals surface area contributed by atoms with Gasteiger partial charge in [0.15, 0.2) is 12.4 Å². The summed E-state index contributed by atoms with van der Waals surface area (Å²) in [7, 11) is 0. The minimum Gasteiger partial charge on any atom is -0.470 e. The number of halogens is 2. The van der Waals surface area contributed by atoms with Crippen molar-refractivity contribution in [3.63, 3.8) is 0 Å². The second-order valence-electron chi connectivity index (χ2n) is 5.13. The van der Waals surface area contributed by atoms with Crippen molar-refractivity contribution in [2.45, 2.75) is 6.73 Å². The lowest BCUT2D eigenvalue weighted by Crippen LogP contribution is -2.48. The fraction of sp³-hybridized carbons (Fsp3) is 0.333. The van der Waals surface area contributed by atoms with Crippen LogP contribution in [0.25, 0.3) is 0 Å². The van der Waals surface area contributed by atoms with Gasteiger partial charge in [-0.25, -0.2) is 9.69 Å². The van der Waals surface area contributed by atoms with E-state index in [1.54, 1.807) is 35.1 Å². The zero-order chi connectivity index (χ0) is 16.9. The van der Waals surface area contributed by atoms with Gasteiger partial charge in [0, 0.05) is 24.3 Å². The van der Waals surface area contributed by atoms with Crippen LogP contribution in [0.2, 0.25) is 5.02 Å². The van der Waals surface area contributed by atoms with Crippen molar-refractivity contribution in [1.29, 1.82) is 0 Å². The predicted octanol–water partition coefficient (Wildman–Crippen LogP) is 2.31. The van der Waals surface area contributed by atoms with Gasteiger partial charge in [-0.15, -0.1) is 0 Å². The van der Waals surface area contributed by atoms with Crippen LogP contribution in [-0.2, 0) is 11.5 Å². The number of aromatic nitrogens is 2. The van der Waals surface area contributed by atoms with Gasteiger partial charge in [-0.1, -0.05) is 11.6 Å². The molecule has 7 nitrogen and oxygen atoms in total. The molecule has 0 unspecified atom stereocenters. The Labute approximate surface area is 152 Å². The molecule has 0 atom stereocenters. The second-order valence-corrected chi connectivity index (χ2v) is 6.42. The number of carbonyl (C=O) groups excluding carboxylic acids is 1. The molecule has 1 aliphatic rings.